The highest BCUT2D eigenvalue weighted by Gasteiger charge is 2.52. The van der Waals surface area contributed by atoms with Crippen LogP contribution in [0.5, 0.6) is 0 Å². The molecular formula is C21H22BrClN4O4. The van der Waals surface area contributed by atoms with Crippen LogP contribution in [0.2, 0.25) is 5.02 Å². The first-order valence-electron chi connectivity index (χ1n) is 9.87. The second kappa shape index (κ2) is 9.13. The Morgan fingerprint density at radius 3 is 2.65 bits per heavy atom. The fraction of sp³-hybridized carbons (Fsp3) is 0.333. The Hall–Kier alpha value is -2.17. The van der Waals surface area contributed by atoms with E-state index in [-0.39, 0.29) is 5.56 Å². The summed E-state index contributed by atoms with van der Waals surface area (Å²) < 4.78 is 6.00. The molecule has 0 spiro atoms. The first kappa shape index (κ1) is 22.0. The van der Waals surface area contributed by atoms with E-state index in [0.717, 1.165) is 18.0 Å². The van der Waals surface area contributed by atoms with Gasteiger partial charge in [-0.05, 0) is 42.5 Å². The van der Waals surface area contributed by atoms with Gasteiger partial charge in [0.15, 0.2) is 0 Å². The molecule has 0 aliphatic carbocycles. The zero-order valence-electron chi connectivity index (χ0n) is 16.6. The number of carbonyl (C=O) groups is 2. The van der Waals surface area contributed by atoms with Crippen LogP contribution in [-0.2, 0) is 15.3 Å². The number of halogens is 2. The number of benzene rings is 2. The maximum absolute atomic E-state index is 13.4. The van der Waals surface area contributed by atoms with E-state index in [9.17, 15) is 14.7 Å². The number of nitrogens with zero attached hydrogens (tertiary/aromatic N) is 2. The molecule has 10 heteroatoms. The summed E-state index contributed by atoms with van der Waals surface area (Å²) in [5.74, 6) is -0.690. The molecule has 3 amide bonds. The van der Waals surface area contributed by atoms with Crippen molar-refractivity contribution in [2.75, 3.05) is 49.6 Å². The summed E-state index contributed by atoms with van der Waals surface area (Å²) >= 11 is 9.37. The van der Waals surface area contributed by atoms with Crippen molar-refractivity contribution in [3.8, 4) is 0 Å². The Balaban J connectivity index is 1.66. The number of anilines is 2. The first-order valence-corrected chi connectivity index (χ1v) is 11.0. The van der Waals surface area contributed by atoms with Gasteiger partial charge in [0.2, 0.25) is 0 Å². The lowest BCUT2D eigenvalue weighted by atomic mass is 9.95. The molecule has 2 aliphatic rings. The maximum Gasteiger partial charge on any atom is 0.329 e. The molecule has 0 bridgehead atoms. The number of amides is 3. The molecule has 0 aromatic heterocycles. The van der Waals surface area contributed by atoms with Gasteiger partial charge in [-0.1, -0.05) is 27.5 Å². The number of morpholine rings is 1. The average Bonchev–Trinajstić information content (AvgIpc) is 2.76. The second-order valence-corrected chi connectivity index (χ2v) is 8.67. The molecule has 164 valence electrons. The molecule has 0 radical (unpaired) electrons. The Morgan fingerprint density at radius 1 is 1.23 bits per heavy atom. The van der Waals surface area contributed by atoms with Gasteiger partial charge in [0.05, 0.1) is 18.9 Å². The van der Waals surface area contributed by atoms with Crippen LogP contribution in [0.15, 0.2) is 46.9 Å². The summed E-state index contributed by atoms with van der Waals surface area (Å²) in [5.41, 5.74) is -1.29. The smallest absolute Gasteiger partial charge is 0.329 e. The SMILES string of the molecule is O=C1Nc2ccc(Br)cc2C(O)(C(=O)NCCN2CCOCC2)N1c1ccc(Cl)cc1. The van der Waals surface area contributed by atoms with Crippen LogP contribution in [0.3, 0.4) is 0 Å². The summed E-state index contributed by atoms with van der Waals surface area (Å²) in [5, 5.41) is 17.8. The highest BCUT2D eigenvalue weighted by Crippen LogP contribution is 2.41. The molecule has 1 saturated heterocycles. The predicted octanol–water partition coefficient (Wildman–Crippen LogP) is 2.75. The first-order chi connectivity index (χ1) is 14.9. The van der Waals surface area contributed by atoms with Gasteiger partial charge in [-0.2, -0.15) is 0 Å². The molecule has 4 rings (SSSR count). The summed E-state index contributed by atoms with van der Waals surface area (Å²) in [7, 11) is 0. The molecule has 2 aromatic rings. The molecule has 1 atom stereocenters. The standard InChI is InChI=1S/C21H22BrClN4O4/c22-14-1-6-18-17(13-14)21(30,19(28)24-7-8-26-9-11-31-12-10-26)27(20(29)25-18)16-4-2-15(23)3-5-16/h1-6,13,30H,7-12H2,(H,24,28)(H,25,29). The number of fused-ring (bicyclic) bond motifs is 1. The van der Waals surface area contributed by atoms with E-state index < -0.39 is 17.7 Å². The van der Waals surface area contributed by atoms with Crippen LogP contribution in [0.1, 0.15) is 5.56 Å². The number of rotatable bonds is 5. The Bertz CT molecular complexity index is 984. The Kier molecular flexibility index (Phi) is 6.49. The van der Waals surface area contributed by atoms with Crippen molar-refractivity contribution in [2.24, 2.45) is 0 Å². The van der Waals surface area contributed by atoms with E-state index in [4.69, 9.17) is 16.3 Å². The maximum atomic E-state index is 13.4. The quantitative estimate of drug-likeness (QED) is 0.576. The number of hydrogen-bond acceptors (Lipinski definition) is 5. The summed E-state index contributed by atoms with van der Waals surface area (Å²) in [4.78, 5) is 29.6. The Morgan fingerprint density at radius 2 is 1.94 bits per heavy atom. The van der Waals surface area contributed by atoms with Crippen LogP contribution in [-0.4, -0.2) is 61.3 Å². The number of nitrogens with one attached hydrogen (secondary N) is 2. The molecule has 31 heavy (non-hydrogen) atoms. The van der Waals surface area contributed by atoms with Gasteiger partial charge in [0, 0.05) is 46.9 Å². The van der Waals surface area contributed by atoms with E-state index in [1.165, 1.54) is 0 Å². The highest BCUT2D eigenvalue weighted by atomic mass is 79.9. The van der Waals surface area contributed by atoms with Crippen molar-refractivity contribution >= 4 is 50.8 Å². The fourth-order valence-electron chi connectivity index (χ4n) is 3.75. The second-order valence-electron chi connectivity index (χ2n) is 7.31. The minimum Gasteiger partial charge on any atom is -0.379 e. The third-order valence-corrected chi connectivity index (χ3v) is 6.09. The van der Waals surface area contributed by atoms with Crippen molar-refractivity contribution in [3.63, 3.8) is 0 Å². The van der Waals surface area contributed by atoms with E-state index >= 15 is 0 Å². The topological polar surface area (TPSA) is 94.1 Å². The van der Waals surface area contributed by atoms with E-state index in [1.54, 1.807) is 42.5 Å². The fourth-order valence-corrected chi connectivity index (χ4v) is 4.23. The van der Waals surface area contributed by atoms with Gasteiger partial charge in [-0.25, -0.2) is 4.79 Å². The Labute approximate surface area is 193 Å². The van der Waals surface area contributed by atoms with Crippen LogP contribution in [0.4, 0.5) is 16.2 Å². The molecule has 0 saturated carbocycles. The summed E-state index contributed by atoms with van der Waals surface area (Å²) in [6.45, 7) is 3.82. The minimum atomic E-state index is -2.25. The van der Waals surface area contributed by atoms with Gasteiger partial charge < -0.3 is 20.5 Å². The van der Waals surface area contributed by atoms with Gasteiger partial charge in [0.25, 0.3) is 11.6 Å². The normalized spacial score (nSPS) is 21.4. The molecular weight excluding hydrogens is 488 g/mol. The van der Waals surface area contributed by atoms with Crippen molar-refractivity contribution in [2.45, 2.75) is 5.72 Å². The largest absolute Gasteiger partial charge is 0.379 e. The summed E-state index contributed by atoms with van der Waals surface area (Å²) in [6, 6.07) is 10.7. The molecule has 2 aromatic carbocycles. The third kappa shape index (κ3) is 4.42. The molecule has 1 fully saturated rings. The molecule has 1 unspecified atom stereocenters. The number of hydrogen-bond donors (Lipinski definition) is 3. The molecule has 2 aliphatic heterocycles. The van der Waals surface area contributed by atoms with Crippen molar-refractivity contribution in [1.82, 2.24) is 10.2 Å². The van der Waals surface area contributed by atoms with Gasteiger partial charge in [-0.3, -0.25) is 14.6 Å². The summed E-state index contributed by atoms with van der Waals surface area (Å²) in [6.07, 6.45) is 0. The van der Waals surface area contributed by atoms with E-state index in [0.29, 0.717) is 47.2 Å². The number of ether oxygens (including phenoxy) is 1. The number of aliphatic hydroxyl groups is 1. The lowest BCUT2D eigenvalue weighted by Gasteiger charge is -2.42. The lowest BCUT2D eigenvalue weighted by molar-refractivity contribution is -0.140. The van der Waals surface area contributed by atoms with Gasteiger partial charge >= 0.3 is 6.03 Å². The number of carbonyl (C=O) groups excluding carboxylic acids is 2. The van der Waals surface area contributed by atoms with Gasteiger partial charge in [0.1, 0.15) is 0 Å². The van der Waals surface area contributed by atoms with Crippen LogP contribution in [0.25, 0.3) is 0 Å². The van der Waals surface area contributed by atoms with Gasteiger partial charge in [-0.15, -0.1) is 0 Å². The van der Waals surface area contributed by atoms with E-state index in [1.807, 2.05) is 0 Å². The zero-order valence-corrected chi connectivity index (χ0v) is 18.9. The minimum absolute atomic E-state index is 0.264. The monoisotopic (exact) mass is 508 g/mol. The number of urea groups is 1. The van der Waals surface area contributed by atoms with Crippen molar-refractivity contribution in [3.05, 3.63) is 57.5 Å². The highest BCUT2D eigenvalue weighted by molar-refractivity contribution is 9.10. The molecule has 8 nitrogen and oxygen atoms in total. The van der Waals surface area contributed by atoms with Crippen LogP contribution < -0.4 is 15.5 Å². The van der Waals surface area contributed by atoms with Crippen LogP contribution >= 0.6 is 27.5 Å². The molecule has 3 N–H and O–H groups in total. The lowest BCUT2D eigenvalue weighted by Crippen LogP contribution is -2.63. The van der Waals surface area contributed by atoms with Crippen molar-refractivity contribution in [1.29, 1.82) is 0 Å². The van der Waals surface area contributed by atoms with Crippen LogP contribution in [0, 0.1) is 0 Å². The van der Waals surface area contributed by atoms with Crippen molar-refractivity contribution < 1.29 is 19.4 Å². The molecule has 2 heterocycles. The average molecular weight is 510 g/mol. The van der Waals surface area contributed by atoms with E-state index in [2.05, 4.69) is 31.5 Å². The zero-order chi connectivity index (χ0) is 22.0. The third-order valence-electron chi connectivity index (χ3n) is 5.34. The predicted molar refractivity (Wildman–Crippen MR) is 121 cm³/mol.